The Morgan fingerprint density at radius 3 is 2.56 bits per heavy atom. The minimum absolute atomic E-state index is 0.121. The van der Waals surface area contributed by atoms with E-state index < -0.39 is 18.5 Å². The number of carbonyl (C=O) groups excluding carboxylic acids is 2. The summed E-state index contributed by atoms with van der Waals surface area (Å²) in [6.45, 7) is 5.66. The van der Waals surface area contributed by atoms with E-state index in [-0.39, 0.29) is 12.7 Å². The highest BCUT2D eigenvalue weighted by molar-refractivity contribution is 6.35. The molecule has 2 rings (SSSR count). The Morgan fingerprint density at radius 1 is 1.15 bits per heavy atom. The van der Waals surface area contributed by atoms with E-state index in [1.165, 1.54) is 6.07 Å². The monoisotopic (exact) mass is 416 g/mol. The Hall–Kier alpha value is -1.46. The Labute approximate surface area is 170 Å². The second-order valence-corrected chi connectivity index (χ2v) is 8.22. The third-order valence-electron chi connectivity index (χ3n) is 4.83. The third-order valence-corrected chi connectivity index (χ3v) is 5.37. The van der Waals surface area contributed by atoms with Gasteiger partial charge in [0, 0.05) is 5.02 Å². The predicted molar refractivity (Wildman–Crippen MR) is 104 cm³/mol. The molecule has 0 saturated heterocycles. The van der Waals surface area contributed by atoms with Crippen molar-refractivity contribution in [2.45, 2.75) is 46.1 Å². The van der Waals surface area contributed by atoms with Crippen molar-refractivity contribution >= 4 is 35.1 Å². The molecule has 1 aliphatic rings. The minimum atomic E-state index is -0.671. The van der Waals surface area contributed by atoms with Gasteiger partial charge >= 0.3 is 11.9 Å². The van der Waals surface area contributed by atoms with Crippen LogP contribution in [0.3, 0.4) is 0 Å². The van der Waals surface area contributed by atoms with Crippen LogP contribution in [-0.4, -0.2) is 31.3 Å². The Balaban J connectivity index is 1.76. The van der Waals surface area contributed by atoms with Gasteiger partial charge in [0.1, 0.15) is 11.9 Å². The summed E-state index contributed by atoms with van der Waals surface area (Å²) in [6.07, 6.45) is 2.92. The Bertz CT molecular complexity index is 662. The molecule has 1 saturated carbocycles. The smallest absolute Gasteiger partial charge is 0.344 e. The maximum absolute atomic E-state index is 12.1. The van der Waals surface area contributed by atoms with Crippen LogP contribution in [0, 0.1) is 17.8 Å². The summed E-state index contributed by atoms with van der Waals surface area (Å²) in [5.74, 6) is 0.425. The first-order chi connectivity index (χ1) is 12.8. The number of halogens is 2. The van der Waals surface area contributed by atoms with E-state index in [4.69, 9.17) is 37.4 Å². The fourth-order valence-electron chi connectivity index (χ4n) is 3.36. The van der Waals surface area contributed by atoms with Gasteiger partial charge in [0.2, 0.25) is 0 Å². The second kappa shape index (κ2) is 10.2. The van der Waals surface area contributed by atoms with Crippen molar-refractivity contribution in [3.63, 3.8) is 0 Å². The summed E-state index contributed by atoms with van der Waals surface area (Å²) in [4.78, 5) is 23.9. The molecule has 150 valence electrons. The summed E-state index contributed by atoms with van der Waals surface area (Å²) >= 11 is 11.8. The largest absolute Gasteiger partial charge is 0.480 e. The van der Waals surface area contributed by atoms with E-state index in [0.29, 0.717) is 33.5 Å². The van der Waals surface area contributed by atoms with Crippen LogP contribution >= 0.6 is 23.2 Å². The van der Waals surface area contributed by atoms with Crippen LogP contribution in [0.25, 0.3) is 0 Å². The van der Waals surface area contributed by atoms with E-state index in [1.807, 2.05) is 0 Å². The van der Waals surface area contributed by atoms with Crippen LogP contribution in [0.5, 0.6) is 5.75 Å². The molecule has 27 heavy (non-hydrogen) atoms. The highest BCUT2D eigenvalue weighted by Gasteiger charge is 2.33. The van der Waals surface area contributed by atoms with Gasteiger partial charge in [0.15, 0.2) is 13.2 Å². The molecule has 0 unspecified atom stereocenters. The molecule has 0 aromatic heterocycles. The average Bonchev–Trinajstić information content (AvgIpc) is 2.59. The molecule has 1 aromatic carbocycles. The number of ether oxygens (including phenoxy) is 3. The van der Waals surface area contributed by atoms with Gasteiger partial charge in [-0.3, -0.25) is 0 Å². The molecule has 0 aliphatic heterocycles. The zero-order valence-corrected chi connectivity index (χ0v) is 17.4. The SMILES string of the molecule is CC(C)[C@@H]1CC[C@H](C)C[C@H]1OC(=O)COC(=O)COc1ccc(Cl)cc1Cl. The summed E-state index contributed by atoms with van der Waals surface area (Å²) in [5, 5.41) is 0.760. The van der Waals surface area contributed by atoms with Gasteiger partial charge < -0.3 is 14.2 Å². The molecule has 7 heteroatoms. The molecular weight excluding hydrogens is 391 g/mol. The molecule has 0 radical (unpaired) electrons. The summed E-state index contributed by atoms with van der Waals surface area (Å²) in [7, 11) is 0. The van der Waals surface area contributed by atoms with Crippen molar-refractivity contribution in [2.24, 2.45) is 17.8 Å². The highest BCUT2D eigenvalue weighted by Crippen LogP contribution is 2.35. The summed E-state index contributed by atoms with van der Waals surface area (Å²) in [5.41, 5.74) is 0. The van der Waals surface area contributed by atoms with Crippen LogP contribution in [0.1, 0.15) is 40.0 Å². The van der Waals surface area contributed by atoms with Crippen LogP contribution < -0.4 is 4.74 Å². The van der Waals surface area contributed by atoms with Crippen molar-refractivity contribution in [1.82, 2.24) is 0 Å². The van der Waals surface area contributed by atoms with Gasteiger partial charge in [-0.05, 0) is 48.8 Å². The molecular formula is C20H26Cl2O5. The molecule has 0 bridgehead atoms. The van der Waals surface area contributed by atoms with Crippen molar-refractivity contribution in [1.29, 1.82) is 0 Å². The Kier molecular flexibility index (Phi) is 8.24. The second-order valence-electron chi connectivity index (χ2n) is 7.38. The minimum Gasteiger partial charge on any atom is -0.480 e. The molecule has 1 aromatic rings. The first-order valence-corrected chi connectivity index (χ1v) is 9.94. The van der Waals surface area contributed by atoms with Crippen molar-refractivity contribution in [3.05, 3.63) is 28.2 Å². The van der Waals surface area contributed by atoms with Gasteiger partial charge in [-0.1, -0.05) is 50.4 Å². The molecule has 3 atom stereocenters. The van der Waals surface area contributed by atoms with Crippen LogP contribution in [0.4, 0.5) is 0 Å². The summed E-state index contributed by atoms with van der Waals surface area (Å²) < 4.78 is 15.8. The zero-order valence-electron chi connectivity index (χ0n) is 15.9. The number of esters is 2. The topological polar surface area (TPSA) is 61.8 Å². The zero-order chi connectivity index (χ0) is 20.0. The lowest BCUT2D eigenvalue weighted by molar-refractivity contribution is -0.167. The fraction of sp³-hybridized carbons (Fsp3) is 0.600. The number of benzene rings is 1. The molecule has 1 aliphatic carbocycles. The van der Waals surface area contributed by atoms with Gasteiger partial charge in [0.05, 0.1) is 5.02 Å². The fourth-order valence-corrected chi connectivity index (χ4v) is 3.83. The van der Waals surface area contributed by atoms with Crippen molar-refractivity contribution < 1.29 is 23.8 Å². The first kappa shape index (κ1) is 21.8. The van der Waals surface area contributed by atoms with E-state index in [1.54, 1.807) is 12.1 Å². The number of hydrogen-bond acceptors (Lipinski definition) is 5. The maximum atomic E-state index is 12.1. The molecule has 0 N–H and O–H groups in total. The predicted octanol–water partition coefficient (Wildman–Crippen LogP) is 4.92. The van der Waals surface area contributed by atoms with Crippen molar-refractivity contribution in [2.75, 3.05) is 13.2 Å². The van der Waals surface area contributed by atoms with Crippen LogP contribution in [0.2, 0.25) is 10.0 Å². The Morgan fingerprint density at radius 2 is 1.89 bits per heavy atom. The lowest BCUT2D eigenvalue weighted by atomic mass is 9.75. The van der Waals surface area contributed by atoms with Gasteiger partial charge in [-0.25, -0.2) is 9.59 Å². The molecule has 0 spiro atoms. The molecule has 5 nitrogen and oxygen atoms in total. The lowest BCUT2D eigenvalue weighted by Crippen LogP contribution is -2.37. The van der Waals surface area contributed by atoms with Crippen LogP contribution in [0.15, 0.2) is 18.2 Å². The van der Waals surface area contributed by atoms with Crippen LogP contribution in [-0.2, 0) is 19.1 Å². The van der Waals surface area contributed by atoms with Gasteiger partial charge in [-0.2, -0.15) is 0 Å². The summed E-state index contributed by atoms with van der Waals surface area (Å²) in [6, 6.07) is 4.67. The number of rotatable bonds is 7. The van der Waals surface area contributed by atoms with E-state index >= 15 is 0 Å². The molecule has 1 fully saturated rings. The van der Waals surface area contributed by atoms with E-state index in [9.17, 15) is 9.59 Å². The number of hydrogen-bond donors (Lipinski definition) is 0. The first-order valence-electron chi connectivity index (χ1n) is 9.19. The van der Waals surface area contributed by atoms with E-state index in [2.05, 4.69) is 20.8 Å². The third kappa shape index (κ3) is 6.89. The van der Waals surface area contributed by atoms with Gasteiger partial charge in [0.25, 0.3) is 0 Å². The maximum Gasteiger partial charge on any atom is 0.344 e. The van der Waals surface area contributed by atoms with Crippen molar-refractivity contribution in [3.8, 4) is 5.75 Å². The molecule has 0 amide bonds. The highest BCUT2D eigenvalue weighted by atomic mass is 35.5. The van der Waals surface area contributed by atoms with E-state index in [0.717, 1.165) is 19.3 Å². The normalized spacial score (nSPS) is 22.4. The number of carbonyl (C=O) groups is 2. The average molecular weight is 417 g/mol. The quantitative estimate of drug-likeness (QED) is 0.590. The standard InChI is InChI=1S/C20H26Cl2O5/c1-12(2)15-6-4-13(3)8-18(15)27-20(24)11-26-19(23)10-25-17-7-5-14(21)9-16(17)22/h5,7,9,12-13,15,18H,4,6,8,10-11H2,1-3H3/t13-,15-,18+/m0/s1. The molecule has 0 heterocycles. The lowest BCUT2D eigenvalue weighted by Gasteiger charge is -2.36. The van der Waals surface area contributed by atoms with Gasteiger partial charge in [-0.15, -0.1) is 0 Å².